The van der Waals surface area contributed by atoms with Gasteiger partial charge in [-0.25, -0.2) is 9.38 Å². The molecule has 1 unspecified atom stereocenters. The second kappa shape index (κ2) is 11.6. The molecule has 31 heavy (non-hydrogen) atoms. The molecule has 2 aromatic rings. The Morgan fingerprint density at radius 3 is 2.52 bits per heavy atom. The van der Waals surface area contributed by atoms with E-state index in [1.54, 1.807) is 11.9 Å². The summed E-state index contributed by atoms with van der Waals surface area (Å²) in [5, 5.41) is 3.54. The first-order valence-corrected chi connectivity index (χ1v) is 12.1. The third-order valence-electron chi connectivity index (χ3n) is 5.80. The smallest absolute Gasteiger partial charge is 0.170 e. The van der Waals surface area contributed by atoms with Crippen molar-refractivity contribution < 1.29 is 4.39 Å². The van der Waals surface area contributed by atoms with E-state index in [-0.39, 0.29) is 11.3 Å². The minimum absolute atomic E-state index is 0.153. The molecule has 2 aliphatic rings. The van der Waals surface area contributed by atoms with Gasteiger partial charge in [-0.1, -0.05) is 42.5 Å². The van der Waals surface area contributed by atoms with Gasteiger partial charge in [-0.3, -0.25) is 4.90 Å². The normalized spacial score (nSPS) is 19.9. The van der Waals surface area contributed by atoms with E-state index in [0.717, 1.165) is 57.1 Å². The summed E-state index contributed by atoms with van der Waals surface area (Å²) in [7, 11) is 0. The van der Waals surface area contributed by atoms with E-state index in [4.69, 9.17) is 4.99 Å². The number of hydrogen-bond acceptors (Lipinski definition) is 6. The van der Waals surface area contributed by atoms with Crippen LogP contribution in [0.4, 0.5) is 4.39 Å². The predicted molar refractivity (Wildman–Crippen MR) is 127 cm³/mol. The minimum atomic E-state index is -0.196. The van der Waals surface area contributed by atoms with Crippen molar-refractivity contribution in [2.45, 2.75) is 31.3 Å². The molecule has 0 aromatic heterocycles. The second-order valence-corrected chi connectivity index (χ2v) is 9.03. The lowest BCUT2D eigenvalue weighted by atomic mass is 10.1. The maximum Gasteiger partial charge on any atom is 0.170 e. The van der Waals surface area contributed by atoms with Gasteiger partial charge in [0, 0.05) is 39.1 Å². The molecular formula is C24H32FN5S. The zero-order valence-corrected chi connectivity index (χ0v) is 18.8. The molecule has 0 radical (unpaired) electrons. The maximum atomic E-state index is 13.1. The molecule has 166 valence electrons. The monoisotopic (exact) mass is 441 g/mol. The lowest BCUT2D eigenvalue weighted by Crippen LogP contribution is -2.49. The molecule has 0 amide bonds. The molecule has 1 fully saturated rings. The van der Waals surface area contributed by atoms with Crippen LogP contribution in [0.3, 0.4) is 0 Å². The maximum absolute atomic E-state index is 13.1. The number of benzene rings is 2. The van der Waals surface area contributed by atoms with Crippen LogP contribution in [0.1, 0.15) is 24.0 Å². The third-order valence-corrected chi connectivity index (χ3v) is 6.77. The van der Waals surface area contributed by atoms with Crippen LogP contribution in [0, 0.1) is 5.82 Å². The Kier molecular flexibility index (Phi) is 8.35. The van der Waals surface area contributed by atoms with Crippen LogP contribution in [0.25, 0.3) is 0 Å². The van der Waals surface area contributed by atoms with Gasteiger partial charge in [0.05, 0.1) is 0 Å². The standard InChI is InChI=1S/C24H32FN5S/c25-22-10-8-20(9-11-22)18-23-27-24(31-28-23)30-16-14-29(15-17-30)13-5-4-12-26-19-21-6-2-1-3-7-21/h1-3,6-11,24,26H,4-5,12-19H2,(H,27,28). The van der Waals surface area contributed by atoms with E-state index in [1.807, 2.05) is 12.1 Å². The van der Waals surface area contributed by atoms with E-state index in [2.05, 4.69) is 50.2 Å². The Morgan fingerprint density at radius 2 is 1.74 bits per heavy atom. The van der Waals surface area contributed by atoms with Crippen molar-refractivity contribution >= 4 is 17.8 Å². The molecule has 1 atom stereocenters. The number of halogens is 1. The fourth-order valence-electron chi connectivity index (χ4n) is 3.96. The van der Waals surface area contributed by atoms with Gasteiger partial charge in [0.1, 0.15) is 11.7 Å². The fraction of sp³-hybridized carbons (Fsp3) is 0.458. The third kappa shape index (κ3) is 7.04. The van der Waals surface area contributed by atoms with Crippen molar-refractivity contribution in [2.75, 3.05) is 39.3 Å². The molecule has 2 N–H and O–H groups in total. The van der Waals surface area contributed by atoms with Gasteiger partial charge in [0.15, 0.2) is 5.50 Å². The van der Waals surface area contributed by atoms with Crippen LogP contribution in [-0.4, -0.2) is 60.4 Å². The lowest BCUT2D eigenvalue weighted by Gasteiger charge is -2.36. The lowest BCUT2D eigenvalue weighted by molar-refractivity contribution is 0.125. The Labute approximate surface area is 189 Å². The highest BCUT2D eigenvalue weighted by Gasteiger charge is 2.27. The second-order valence-electron chi connectivity index (χ2n) is 8.17. The van der Waals surface area contributed by atoms with Crippen LogP contribution in [0.15, 0.2) is 59.6 Å². The van der Waals surface area contributed by atoms with Crippen molar-refractivity contribution in [2.24, 2.45) is 4.99 Å². The molecule has 0 saturated carbocycles. The minimum Gasteiger partial charge on any atom is -0.315 e. The van der Waals surface area contributed by atoms with Crippen molar-refractivity contribution in [3.63, 3.8) is 0 Å². The highest BCUT2D eigenvalue weighted by molar-refractivity contribution is 7.98. The molecule has 0 spiro atoms. The van der Waals surface area contributed by atoms with Crippen LogP contribution < -0.4 is 10.0 Å². The van der Waals surface area contributed by atoms with Crippen LogP contribution in [-0.2, 0) is 13.0 Å². The Hall–Kier alpha value is -1.93. The number of unbranched alkanes of at least 4 members (excludes halogenated alkanes) is 1. The predicted octanol–water partition coefficient (Wildman–Crippen LogP) is 3.49. The summed E-state index contributed by atoms with van der Waals surface area (Å²) < 4.78 is 16.4. The van der Waals surface area contributed by atoms with Gasteiger partial charge in [0.2, 0.25) is 0 Å². The first-order valence-electron chi connectivity index (χ1n) is 11.2. The summed E-state index contributed by atoms with van der Waals surface area (Å²) >= 11 is 1.68. The quantitative estimate of drug-likeness (QED) is 0.437. The topological polar surface area (TPSA) is 42.9 Å². The van der Waals surface area contributed by atoms with Crippen molar-refractivity contribution in [1.29, 1.82) is 0 Å². The average molecular weight is 442 g/mol. The summed E-state index contributed by atoms with van der Waals surface area (Å²) in [6.07, 6.45) is 3.18. The van der Waals surface area contributed by atoms with E-state index >= 15 is 0 Å². The molecule has 1 saturated heterocycles. The number of nitrogens with one attached hydrogen (secondary N) is 2. The number of hydrogen-bond donors (Lipinski definition) is 2. The highest BCUT2D eigenvalue weighted by atomic mass is 32.2. The van der Waals surface area contributed by atoms with Crippen LogP contribution in [0.5, 0.6) is 0 Å². The molecule has 2 heterocycles. The van der Waals surface area contributed by atoms with Crippen LogP contribution >= 0.6 is 11.9 Å². The van der Waals surface area contributed by atoms with E-state index in [1.165, 1.54) is 37.1 Å². The molecule has 2 aliphatic heterocycles. The van der Waals surface area contributed by atoms with E-state index in [9.17, 15) is 4.39 Å². The average Bonchev–Trinajstić information content (AvgIpc) is 3.27. The Balaban J connectivity index is 1.09. The number of piperazine rings is 1. The first kappa shape index (κ1) is 22.3. The van der Waals surface area contributed by atoms with Gasteiger partial charge >= 0.3 is 0 Å². The van der Waals surface area contributed by atoms with E-state index < -0.39 is 0 Å². The summed E-state index contributed by atoms with van der Waals surface area (Å²) in [6, 6.07) is 17.2. The van der Waals surface area contributed by atoms with Crippen molar-refractivity contribution in [1.82, 2.24) is 19.8 Å². The highest BCUT2D eigenvalue weighted by Crippen LogP contribution is 2.22. The summed E-state index contributed by atoms with van der Waals surface area (Å²) in [6.45, 7) is 7.53. The molecule has 7 heteroatoms. The van der Waals surface area contributed by atoms with E-state index in [0.29, 0.717) is 0 Å². The molecule has 0 bridgehead atoms. The zero-order chi connectivity index (χ0) is 21.3. The van der Waals surface area contributed by atoms with Gasteiger partial charge in [-0.2, -0.15) is 0 Å². The van der Waals surface area contributed by atoms with Gasteiger partial charge in [-0.05, 0) is 61.1 Å². The molecule has 5 nitrogen and oxygen atoms in total. The van der Waals surface area contributed by atoms with Gasteiger partial charge in [0.25, 0.3) is 0 Å². The molecule has 4 rings (SSSR count). The Bertz CT molecular complexity index is 822. The van der Waals surface area contributed by atoms with Crippen molar-refractivity contribution in [3.05, 3.63) is 71.5 Å². The molecular weight excluding hydrogens is 409 g/mol. The zero-order valence-electron chi connectivity index (χ0n) is 18.0. The molecule has 0 aliphatic carbocycles. The van der Waals surface area contributed by atoms with Gasteiger partial charge < -0.3 is 14.9 Å². The Morgan fingerprint density at radius 1 is 0.968 bits per heavy atom. The first-order chi connectivity index (χ1) is 15.3. The number of aliphatic imine (C=N–C) groups is 1. The summed E-state index contributed by atoms with van der Waals surface area (Å²) in [5.41, 5.74) is 2.58. The summed E-state index contributed by atoms with van der Waals surface area (Å²) in [5.74, 6) is 0.783. The number of amidine groups is 1. The number of nitrogens with zero attached hydrogens (tertiary/aromatic N) is 3. The number of rotatable bonds is 10. The fourth-order valence-corrected chi connectivity index (χ4v) is 4.87. The van der Waals surface area contributed by atoms with Crippen LogP contribution in [0.2, 0.25) is 0 Å². The summed E-state index contributed by atoms with van der Waals surface area (Å²) in [4.78, 5) is 9.87. The van der Waals surface area contributed by atoms with Crippen molar-refractivity contribution in [3.8, 4) is 0 Å². The molecule has 2 aromatic carbocycles. The largest absolute Gasteiger partial charge is 0.315 e. The SMILES string of the molecule is Fc1ccc(CC2=NC(N3CCN(CCCCNCc4ccccc4)CC3)SN2)cc1. The van der Waals surface area contributed by atoms with Gasteiger partial charge in [-0.15, -0.1) is 0 Å².